The quantitative estimate of drug-likeness (QED) is 0.789. The Kier molecular flexibility index (Phi) is 3.16. The molecule has 0 spiro atoms. The Hall–Kier alpha value is -1.16. The van der Waals surface area contributed by atoms with E-state index in [2.05, 4.69) is 27.2 Å². The molecule has 0 unspecified atom stereocenters. The molecule has 1 aliphatic rings. The maximum Gasteiger partial charge on any atom is 0.144 e. The Morgan fingerprint density at radius 2 is 2.20 bits per heavy atom. The van der Waals surface area contributed by atoms with Crippen molar-refractivity contribution in [3.63, 3.8) is 0 Å². The first-order valence-electron chi connectivity index (χ1n) is 5.45. The van der Waals surface area contributed by atoms with Gasteiger partial charge in [0.25, 0.3) is 0 Å². The zero-order valence-electron chi connectivity index (χ0n) is 9.40. The van der Waals surface area contributed by atoms with Gasteiger partial charge in [-0.15, -0.1) is 0 Å². The second kappa shape index (κ2) is 4.57. The van der Waals surface area contributed by atoms with Crippen LogP contribution in [-0.4, -0.2) is 35.5 Å². The minimum atomic E-state index is 0.823. The van der Waals surface area contributed by atoms with Crippen LogP contribution < -0.4 is 5.32 Å². The van der Waals surface area contributed by atoms with E-state index >= 15 is 0 Å². The predicted octanol–water partition coefficient (Wildman–Crippen LogP) is 1.36. The standard InChI is InChI=1S/C11H18N4/c1-12-11-6-13-10(5-14-11)8-15(2)7-9-3-4-9/h5-6,9H,3-4,7-8H2,1-2H3,(H,12,14). The van der Waals surface area contributed by atoms with Crippen LogP contribution in [0.15, 0.2) is 12.4 Å². The van der Waals surface area contributed by atoms with E-state index < -0.39 is 0 Å². The van der Waals surface area contributed by atoms with Crippen molar-refractivity contribution >= 4 is 5.82 Å². The number of aromatic nitrogens is 2. The highest BCUT2D eigenvalue weighted by Crippen LogP contribution is 2.29. The van der Waals surface area contributed by atoms with E-state index in [1.165, 1.54) is 19.4 Å². The molecule has 1 heterocycles. The van der Waals surface area contributed by atoms with Crippen LogP contribution in [-0.2, 0) is 6.54 Å². The van der Waals surface area contributed by atoms with Crippen molar-refractivity contribution in [2.24, 2.45) is 5.92 Å². The van der Waals surface area contributed by atoms with Crippen LogP contribution in [0.3, 0.4) is 0 Å². The summed E-state index contributed by atoms with van der Waals surface area (Å²) in [5.41, 5.74) is 1.04. The fraction of sp³-hybridized carbons (Fsp3) is 0.636. The monoisotopic (exact) mass is 206 g/mol. The summed E-state index contributed by atoms with van der Waals surface area (Å²) >= 11 is 0. The van der Waals surface area contributed by atoms with Crippen LogP contribution in [0.5, 0.6) is 0 Å². The van der Waals surface area contributed by atoms with Crippen molar-refractivity contribution in [3.05, 3.63) is 18.1 Å². The zero-order chi connectivity index (χ0) is 10.7. The van der Waals surface area contributed by atoms with E-state index in [0.717, 1.165) is 24.0 Å². The molecule has 1 N–H and O–H groups in total. The Labute approximate surface area is 90.7 Å². The molecular weight excluding hydrogens is 188 g/mol. The third kappa shape index (κ3) is 3.16. The molecule has 2 rings (SSSR count). The van der Waals surface area contributed by atoms with E-state index in [1.807, 2.05) is 13.2 Å². The van der Waals surface area contributed by atoms with Crippen molar-refractivity contribution in [1.29, 1.82) is 0 Å². The first-order valence-corrected chi connectivity index (χ1v) is 5.45. The molecule has 1 aromatic rings. The van der Waals surface area contributed by atoms with Gasteiger partial charge in [-0.05, 0) is 25.8 Å². The summed E-state index contributed by atoms with van der Waals surface area (Å²) in [5, 5.41) is 2.96. The first kappa shape index (κ1) is 10.4. The smallest absolute Gasteiger partial charge is 0.144 e. The van der Waals surface area contributed by atoms with E-state index in [1.54, 1.807) is 6.20 Å². The van der Waals surface area contributed by atoms with E-state index in [9.17, 15) is 0 Å². The second-order valence-electron chi connectivity index (χ2n) is 4.28. The van der Waals surface area contributed by atoms with Gasteiger partial charge in [0.1, 0.15) is 5.82 Å². The summed E-state index contributed by atoms with van der Waals surface area (Å²) in [6.07, 6.45) is 6.42. The van der Waals surface area contributed by atoms with Crippen molar-refractivity contribution in [2.45, 2.75) is 19.4 Å². The van der Waals surface area contributed by atoms with Crippen molar-refractivity contribution in [1.82, 2.24) is 14.9 Å². The van der Waals surface area contributed by atoms with Crippen LogP contribution in [0, 0.1) is 5.92 Å². The predicted molar refractivity (Wildman–Crippen MR) is 60.6 cm³/mol. The Balaban J connectivity index is 1.85. The normalized spacial score (nSPS) is 15.7. The number of nitrogens with one attached hydrogen (secondary N) is 1. The number of hydrogen-bond donors (Lipinski definition) is 1. The highest BCUT2D eigenvalue weighted by Gasteiger charge is 2.22. The molecule has 1 saturated carbocycles. The Morgan fingerprint density at radius 1 is 1.40 bits per heavy atom. The lowest BCUT2D eigenvalue weighted by Gasteiger charge is -2.15. The molecule has 0 atom stereocenters. The summed E-state index contributed by atoms with van der Waals surface area (Å²) in [6, 6.07) is 0. The van der Waals surface area contributed by atoms with Crippen LogP contribution >= 0.6 is 0 Å². The molecule has 0 amide bonds. The van der Waals surface area contributed by atoms with Crippen molar-refractivity contribution in [3.8, 4) is 0 Å². The van der Waals surface area contributed by atoms with Crippen molar-refractivity contribution < 1.29 is 0 Å². The SMILES string of the molecule is CNc1cnc(CN(C)CC2CC2)cn1. The van der Waals surface area contributed by atoms with E-state index in [0.29, 0.717) is 0 Å². The van der Waals surface area contributed by atoms with Crippen LogP contribution in [0.1, 0.15) is 18.5 Å². The lowest BCUT2D eigenvalue weighted by Crippen LogP contribution is -2.21. The van der Waals surface area contributed by atoms with Gasteiger partial charge in [0.15, 0.2) is 0 Å². The summed E-state index contributed by atoms with van der Waals surface area (Å²) in [7, 11) is 3.99. The van der Waals surface area contributed by atoms with Crippen LogP contribution in [0.4, 0.5) is 5.82 Å². The third-order valence-electron chi connectivity index (χ3n) is 2.66. The van der Waals surface area contributed by atoms with E-state index in [-0.39, 0.29) is 0 Å². The molecule has 0 saturated heterocycles. The molecule has 1 aliphatic carbocycles. The largest absolute Gasteiger partial charge is 0.372 e. The van der Waals surface area contributed by atoms with Crippen LogP contribution in [0.25, 0.3) is 0 Å². The topological polar surface area (TPSA) is 41.1 Å². The minimum absolute atomic E-state index is 0.823. The second-order valence-corrected chi connectivity index (χ2v) is 4.28. The highest BCUT2D eigenvalue weighted by atomic mass is 15.1. The lowest BCUT2D eigenvalue weighted by molar-refractivity contribution is 0.309. The summed E-state index contributed by atoms with van der Waals surface area (Å²) in [5.74, 6) is 1.75. The number of nitrogens with zero attached hydrogens (tertiary/aromatic N) is 3. The summed E-state index contributed by atoms with van der Waals surface area (Å²) < 4.78 is 0. The fourth-order valence-electron chi connectivity index (χ4n) is 1.65. The molecule has 0 bridgehead atoms. The number of hydrogen-bond acceptors (Lipinski definition) is 4. The number of rotatable bonds is 5. The number of anilines is 1. The minimum Gasteiger partial charge on any atom is -0.372 e. The summed E-state index contributed by atoms with van der Waals surface area (Å²) in [6.45, 7) is 2.09. The molecule has 4 nitrogen and oxygen atoms in total. The van der Waals surface area contributed by atoms with Gasteiger partial charge in [0, 0.05) is 20.1 Å². The first-order chi connectivity index (χ1) is 7.28. The third-order valence-corrected chi connectivity index (χ3v) is 2.66. The van der Waals surface area contributed by atoms with Gasteiger partial charge in [-0.3, -0.25) is 4.98 Å². The Morgan fingerprint density at radius 3 is 2.73 bits per heavy atom. The summed E-state index contributed by atoms with van der Waals surface area (Å²) in [4.78, 5) is 10.9. The molecular formula is C11H18N4. The molecule has 82 valence electrons. The molecule has 0 aliphatic heterocycles. The molecule has 15 heavy (non-hydrogen) atoms. The molecule has 0 aromatic carbocycles. The highest BCUT2D eigenvalue weighted by molar-refractivity contribution is 5.29. The molecule has 4 heteroatoms. The van der Waals surface area contributed by atoms with Gasteiger partial charge in [-0.2, -0.15) is 0 Å². The van der Waals surface area contributed by atoms with Gasteiger partial charge < -0.3 is 10.2 Å². The average molecular weight is 206 g/mol. The fourth-order valence-corrected chi connectivity index (χ4v) is 1.65. The Bertz CT molecular complexity index is 305. The van der Waals surface area contributed by atoms with Crippen molar-refractivity contribution in [2.75, 3.05) is 26.0 Å². The van der Waals surface area contributed by atoms with Gasteiger partial charge >= 0.3 is 0 Å². The van der Waals surface area contributed by atoms with Gasteiger partial charge in [0.2, 0.25) is 0 Å². The maximum atomic E-state index is 4.35. The average Bonchev–Trinajstić information content (AvgIpc) is 3.03. The van der Waals surface area contributed by atoms with Gasteiger partial charge in [-0.1, -0.05) is 0 Å². The lowest BCUT2D eigenvalue weighted by atomic mass is 10.3. The zero-order valence-corrected chi connectivity index (χ0v) is 9.40. The molecule has 1 aromatic heterocycles. The molecule has 0 radical (unpaired) electrons. The van der Waals surface area contributed by atoms with Gasteiger partial charge in [0.05, 0.1) is 18.1 Å². The van der Waals surface area contributed by atoms with E-state index in [4.69, 9.17) is 0 Å². The maximum absolute atomic E-state index is 4.35. The molecule has 1 fully saturated rings. The van der Waals surface area contributed by atoms with Crippen LogP contribution in [0.2, 0.25) is 0 Å². The van der Waals surface area contributed by atoms with Gasteiger partial charge in [-0.25, -0.2) is 4.98 Å².